The number of halogens is 1. The van der Waals surface area contributed by atoms with Crippen molar-refractivity contribution in [1.29, 1.82) is 0 Å². The van der Waals surface area contributed by atoms with Gasteiger partial charge in [0, 0.05) is 21.6 Å². The second-order valence-corrected chi connectivity index (χ2v) is 8.45. The van der Waals surface area contributed by atoms with Crippen LogP contribution in [0.25, 0.3) is 0 Å². The van der Waals surface area contributed by atoms with Crippen molar-refractivity contribution in [2.45, 2.75) is 57.0 Å². The van der Waals surface area contributed by atoms with E-state index in [2.05, 4.69) is 66.6 Å². The summed E-state index contributed by atoms with van der Waals surface area (Å²) in [5, 5.41) is 0. The van der Waals surface area contributed by atoms with Gasteiger partial charge in [-0.25, -0.2) is 0 Å². The van der Waals surface area contributed by atoms with Crippen LogP contribution in [0.15, 0.2) is 18.2 Å². The van der Waals surface area contributed by atoms with Gasteiger partial charge < -0.3 is 4.74 Å². The van der Waals surface area contributed by atoms with Crippen LogP contribution < -0.4 is 0 Å². The number of rotatable bonds is 3. The minimum atomic E-state index is -0.0462. The second-order valence-electron chi connectivity index (χ2n) is 7.29. The largest absolute Gasteiger partial charge is 0.469 e. The Bertz CT molecular complexity index is 601. The molecule has 3 rings (SSSR count). The van der Waals surface area contributed by atoms with Gasteiger partial charge in [-0.05, 0) is 72.0 Å². The zero-order chi connectivity index (χ0) is 16.7. The number of ether oxygens (including phenoxy) is 1. The van der Waals surface area contributed by atoms with Crippen LogP contribution in [0.1, 0.15) is 56.1 Å². The predicted octanol–water partition coefficient (Wildman–Crippen LogP) is 4.15. The molecule has 2 heterocycles. The molecular weight excluding hydrogens is 401 g/mol. The normalized spacial score (nSPS) is 30.7. The zero-order valence-corrected chi connectivity index (χ0v) is 16.5. The summed E-state index contributed by atoms with van der Waals surface area (Å²) >= 11 is 2.43. The van der Waals surface area contributed by atoms with Gasteiger partial charge in [0.05, 0.1) is 13.0 Å². The highest BCUT2D eigenvalue weighted by atomic mass is 127. The van der Waals surface area contributed by atoms with Crippen molar-refractivity contribution in [3.05, 3.63) is 32.9 Å². The van der Waals surface area contributed by atoms with Crippen LogP contribution in [0.3, 0.4) is 0 Å². The van der Waals surface area contributed by atoms with Gasteiger partial charge >= 0.3 is 5.97 Å². The number of fused-ring (bicyclic) bond motifs is 2. The van der Waals surface area contributed by atoms with E-state index in [1.807, 2.05) is 0 Å². The molecule has 0 aliphatic carbocycles. The van der Waals surface area contributed by atoms with Crippen LogP contribution in [0.5, 0.6) is 0 Å². The summed E-state index contributed by atoms with van der Waals surface area (Å²) in [4.78, 5) is 14.9. The summed E-state index contributed by atoms with van der Waals surface area (Å²) in [6.45, 7) is 4.45. The molecule has 1 aromatic carbocycles. The Morgan fingerprint density at radius 1 is 1.35 bits per heavy atom. The third-order valence-corrected chi connectivity index (χ3v) is 6.75. The maximum Gasteiger partial charge on any atom is 0.310 e. The molecule has 0 spiro atoms. The van der Waals surface area contributed by atoms with E-state index >= 15 is 0 Å². The molecule has 2 aliphatic heterocycles. The summed E-state index contributed by atoms with van der Waals surface area (Å²) in [5.74, 6) is 0.728. The van der Waals surface area contributed by atoms with Gasteiger partial charge in [-0.1, -0.05) is 26.0 Å². The fourth-order valence-corrected chi connectivity index (χ4v) is 5.67. The molecule has 126 valence electrons. The molecule has 3 nitrogen and oxygen atoms in total. The molecule has 23 heavy (non-hydrogen) atoms. The van der Waals surface area contributed by atoms with Gasteiger partial charge in [0.2, 0.25) is 0 Å². The number of carbonyl (C=O) groups is 1. The van der Waals surface area contributed by atoms with E-state index < -0.39 is 0 Å². The molecule has 4 atom stereocenters. The van der Waals surface area contributed by atoms with Gasteiger partial charge in [0.25, 0.3) is 0 Å². The van der Waals surface area contributed by atoms with Crippen LogP contribution in [-0.4, -0.2) is 37.1 Å². The lowest BCUT2D eigenvalue weighted by Gasteiger charge is -2.41. The van der Waals surface area contributed by atoms with Gasteiger partial charge in [-0.15, -0.1) is 0 Å². The van der Waals surface area contributed by atoms with Crippen LogP contribution >= 0.6 is 22.6 Å². The first-order chi connectivity index (χ1) is 10.9. The summed E-state index contributed by atoms with van der Waals surface area (Å²) in [6, 6.07) is 7.71. The number of methoxy groups -OCH3 is 1. The molecule has 0 radical (unpaired) electrons. The zero-order valence-electron chi connectivity index (χ0n) is 14.4. The lowest BCUT2D eigenvalue weighted by molar-refractivity contribution is -0.150. The highest BCUT2D eigenvalue weighted by molar-refractivity contribution is 14.1. The number of nitrogens with zero attached hydrogens (tertiary/aromatic N) is 1. The van der Waals surface area contributed by atoms with Crippen molar-refractivity contribution < 1.29 is 9.53 Å². The van der Waals surface area contributed by atoms with E-state index in [9.17, 15) is 4.79 Å². The van der Waals surface area contributed by atoms with E-state index in [-0.39, 0.29) is 17.8 Å². The average molecular weight is 427 g/mol. The average Bonchev–Trinajstić information content (AvgIpc) is 2.76. The SMILES string of the molecule is COC(=O)C1C2CC[C@H](C[C@@H]1c1ccc(C(C)C)c(I)c1)N2C. The van der Waals surface area contributed by atoms with Gasteiger partial charge in [0.15, 0.2) is 0 Å². The number of carbonyl (C=O) groups excluding carboxylic acids is 1. The minimum Gasteiger partial charge on any atom is -0.469 e. The van der Waals surface area contributed by atoms with Crippen molar-refractivity contribution in [1.82, 2.24) is 4.90 Å². The monoisotopic (exact) mass is 427 g/mol. The maximum absolute atomic E-state index is 12.5. The first-order valence-corrected chi connectivity index (χ1v) is 9.61. The Morgan fingerprint density at radius 2 is 2.09 bits per heavy atom. The van der Waals surface area contributed by atoms with Crippen molar-refractivity contribution in [2.75, 3.05) is 14.2 Å². The van der Waals surface area contributed by atoms with Crippen LogP contribution in [0.2, 0.25) is 0 Å². The fourth-order valence-electron chi connectivity index (χ4n) is 4.51. The van der Waals surface area contributed by atoms with Crippen LogP contribution in [-0.2, 0) is 9.53 Å². The van der Waals surface area contributed by atoms with E-state index in [4.69, 9.17) is 4.74 Å². The van der Waals surface area contributed by atoms with Crippen LogP contribution in [0, 0.1) is 9.49 Å². The first kappa shape index (κ1) is 17.2. The second kappa shape index (κ2) is 6.71. The molecule has 0 aromatic heterocycles. The highest BCUT2D eigenvalue weighted by Crippen LogP contribution is 2.47. The molecule has 2 aliphatic rings. The van der Waals surface area contributed by atoms with E-state index in [1.165, 1.54) is 28.2 Å². The molecule has 1 aromatic rings. The molecule has 2 saturated heterocycles. The van der Waals surface area contributed by atoms with E-state index in [0.29, 0.717) is 18.0 Å². The summed E-state index contributed by atoms with van der Waals surface area (Å²) in [5.41, 5.74) is 2.69. The van der Waals surface area contributed by atoms with Crippen molar-refractivity contribution >= 4 is 28.6 Å². The van der Waals surface area contributed by atoms with Crippen molar-refractivity contribution in [3.63, 3.8) is 0 Å². The summed E-state index contributed by atoms with van der Waals surface area (Å²) in [7, 11) is 3.69. The topological polar surface area (TPSA) is 29.5 Å². The van der Waals surface area contributed by atoms with Crippen LogP contribution in [0.4, 0.5) is 0 Å². The molecule has 0 saturated carbocycles. The number of hydrogen-bond donors (Lipinski definition) is 0. The van der Waals surface area contributed by atoms with E-state index in [0.717, 1.165) is 12.8 Å². The summed E-state index contributed by atoms with van der Waals surface area (Å²) in [6.07, 6.45) is 3.37. The molecule has 4 heteroatoms. The quantitative estimate of drug-likeness (QED) is 0.536. The van der Waals surface area contributed by atoms with Crippen molar-refractivity contribution in [2.24, 2.45) is 5.92 Å². The molecule has 2 fully saturated rings. The Kier molecular flexibility index (Phi) is 5.02. The standard InChI is InChI=1S/C19H26INO2/c1-11(2)14-7-5-12(9-16(14)20)15-10-13-6-8-17(21(13)3)18(15)19(22)23-4/h5,7,9,11,13,15,17-18H,6,8,10H2,1-4H3/t13-,15-,17?,18?/m1/s1. The number of benzene rings is 1. The highest BCUT2D eigenvalue weighted by Gasteiger charge is 2.49. The predicted molar refractivity (Wildman–Crippen MR) is 101 cm³/mol. The van der Waals surface area contributed by atoms with Crippen molar-refractivity contribution in [3.8, 4) is 0 Å². The summed E-state index contributed by atoms with van der Waals surface area (Å²) < 4.78 is 6.48. The van der Waals surface area contributed by atoms with E-state index in [1.54, 1.807) is 0 Å². The number of hydrogen-bond acceptors (Lipinski definition) is 3. The Balaban J connectivity index is 1.96. The smallest absolute Gasteiger partial charge is 0.310 e. The third-order valence-electron chi connectivity index (χ3n) is 5.82. The molecule has 2 unspecified atom stereocenters. The van der Waals surface area contributed by atoms with Gasteiger partial charge in [-0.2, -0.15) is 0 Å². The molecular formula is C19H26INO2. The molecule has 2 bridgehead atoms. The maximum atomic E-state index is 12.5. The third kappa shape index (κ3) is 3.04. The minimum absolute atomic E-state index is 0.0375. The first-order valence-electron chi connectivity index (χ1n) is 8.53. The lowest BCUT2D eigenvalue weighted by Crippen LogP contribution is -2.49. The fraction of sp³-hybridized carbons (Fsp3) is 0.632. The Morgan fingerprint density at radius 3 is 2.70 bits per heavy atom. The molecule has 0 amide bonds. The molecule has 0 N–H and O–H groups in total. The number of piperidine rings is 1. The number of esters is 1. The Hall–Kier alpha value is -0.620. The van der Waals surface area contributed by atoms with Gasteiger partial charge in [0.1, 0.15) is 0 Å². The Labute approximate surface area is 152 Å². The lowest BCUT2D eigenvalue weighted by atomic mass is 9.76. The van der Waals surface area contributed by atoms with Gasteiger partial charge in [-0.3, -0.25) is 9.69 Å².